The van der Waals surface area contributed by atoms with Gasteiger partial charge in [0, 0.05) is 0 Å². The number of carbonyl (C=O) groups is 1. The van der Waals surface area contributed by atoms with E-state index in [9.17, 15) is 4.79 Å². The molecule has 1 N–H and O–H groups in total. The molecule has 4 rings (SSSR count). The third-order valence-corrected chi connectivity index (χ3v) is 9.16. The summed E-state index contributed by atoms with van der Waals surface area (Å²) in [4.78, 5) is 11.9. The zero-order valence-corrected chi connectivity index (χ0v) is 23.7. The second kappa shape index (κ2) is 14.1. The van der Waals surface area contributed by atoms with E-state index in [0.29, 0.717) is 5.92 Å². The van der Waals surface area contributed by atoms with Crippen molar-refractivity contribution in [2.24, 2.45) is 5.92 Å². The van der Waals surface area contributed by atoms with Gasteiger partial charge in [-0.25, -0.2) is 4.79 Å². The molecule has 0 aliphatic heterocycles. The summed E-state index contributed by atoms with van der Waals surface area (Å²) in [5, 5.41) is 9.07. The first kappa shape index (κ1) is 28.6. The highest BCUT2D eigenvalue weighted by Gasteiger charge is 2.26. The number of unbranched alkanes of at least 4 members (excludes halogenated alkanes) is 2. The van der Waals surface area contributed by atoms with E-state index in [2.05, 4.69) is 62.9 Å². The lowest BCUT2D eigenvalue weighted by molar-refractivity contribution is -0.146. The molecule has 2 aromatic rings. The molecule has 38 heavy (non-hydrogen) atoms. The first-order chi connectivity index (χ1) is 18.5. The lowest BCUT2D eigenvalue weighted by Gasteiger charge is -2.29. The van der Waals surface area contributed by atoms with Crippen LogP contribution in [0.1, 0.15) is 119 Å². The van der Waals surface area contributed by atoms with Crippen molar-refractivity contribution in [3.63, 3.8) is 0 Å². The third-order valence-electron chi connectivity index (χ3n) is 9.16. The Bertz CT molecular complexity index is 1040. The average molecular weight is 517 g/mol. The van der Waals surface area contributed by atoms with Crippen molar-refractivity contribution in [3.05, 3.63) is 71.3 Å². The van der Waals surface area contributed by atoms with Gasteiger partial charge >= 0.3 is 5.97 Å². The van der Waals surface area contributed by atoms with E-state index < -0.39 is 5.97 Å². The highest BCUT2D eigenvalue weighted by atomic mass is 16.5. The van der Waals surface area contributed by atoms with Crippen LogP contribution in [0.25, 0.3) is 11.1 Å². The van der Waals surface area contributed by atoms with Crippen LogP contribution < -0.4 is 0 Å². The molecule has 0 spiro atoms. The number of ether oxygens (including phenoxy) is 1. The quantitative estimate of drug-likeness (QED) is 0.184. The standard InChI is InChI=1S/C35H48O3/c1-4-6-7-8-26-9-11-30(12-10-26)32-19-22-34(27(5-2)23-32)31-15-13-28(14-16-31)29-17-20-33(21-18-29)38-35(37)25(3)24-36/h13-16,19,22-23,26,29-30,33,36H,3-12,17-18,20-21,24H2,1-2H3. The van der Waals surface area contributed by atoms with E-state index in [1.807, 2.05) is 0 Å². The van der Waals surface area contributed by atoms with Gasteiger partial charge < -0.3 is 9.84 Å². The summed E-state index contributed by atoms with van der Waals surface area (Å²) in [5.41, 5.74) is 7.20. The largest absolute Gasteiger partial charge is 0.459 e. The van der Waals surface area contributed by atoms with Crippen molar-refractivity contribution in [1.29, 1.82) is 0 Å². The SMILES string of the molecule is C=C(CO)C(=O)OC1CCC(c2ccc(-c3ccc(C4CCC(CCCCC)CC4)cc3CC)cc2)CC1. The Morgan fingerprint density at radius 3 is 2.13 bits per heavy atom. The molecular formula is C35H48O3. The van der Waals surface area contributed by atoms with Crippen molar-refractivity contribution < 1.29 is 14.6 Å². The summed E-state index contributed by atoms with van der Waals surface area (Å²) < 4.78 is 5.51. The second-order valence-electron chi connectivity index (χ2n) is 11.7. The number of esters is 1. The van der Waals surface area contributed by atoms with Gasteiger partial charge in [-0.05, 0) is 103 Å². The first-order valence-corrected chi connectivity index (χ1v) is 15.2. The van der Waals surface area contributed by atoms with E-state index in [1.54, 1.807) is 5.56 Å². The van der Waals surface area contributed by atoms with E-state index in [1.165, 1.54) is 73.6 Å². The topological polar surface area (TPSA) is 46.5 Å². The van der Waals surface area contributed by atoms with Crippen molar-refractivity contribution in [3.8, 4) is 11.1 Å². The molecule has 0 atom stereocenters. The predicted molar refractivity (Wildman–Crippen MR) is 157 cm³/mol. The summed E-state index contributed by atoms with van der Waals surface area (Å²) in [5.74, 6) is 1.73. The van der Waals surface area contributed by atoms with Gasteiger partial charge in [-0.15, -0.1) is 0 Å². The second-order valence-corrected chi connectivity index (χ2v) is 11.7. The fourth-order valence-electron chi connectivity index (χ4n) is 6.66. The van der Waals surface area contributed by atoms with Gasteiger partial charge in [0.05, 0.1) is 12.2 Å². The average Bonchev–Trinajstić information content (AvgIpc) is 2.97. The van der Waals surface area contributed by atoms with Crippen LogP contribution in [0.2, 0.25) is 0 Å². The Hall–Kier alpha value is -2.39. The fraction of sp³-hybridized carbons (Fsp3) is 0.571. The highest BCUT2D eigenvalue weighted by Crippen LogP contribution is 2.40. The summed E-state index contributed by atoms with van der Waals surface area (Å²) in [6.07, 6.45) is 15.8. The van der Waals surface area contributed by atoms with E-state index in [0.717, 1.165) is 43.9 Å². The van der Waals surface area contributed by atoms with Crippen LogP contribution >= 0.6 is 0 Å². The number of hydrogen-bond donors (Lipinski definition) is 1. The van der Waals surface area contributed by atoms with E-state index in [4.69, 9.17) is 9.84 Å². The molecule has 2 aliphatic rings. The molecule has 3 nitrogen and oxygen atoms in total. The van der Waals surface area contributed by atoms with Gasteiger partial charge in [-0.3, -0.25) is 0 Å². The van der Waals surface area contributed by atoms with Gasteiger partial charge in [0.2, 0.25) is 0 Å². The molecule has 2 saturated carbocycles. The minimum atomic E-state index is -0.465. The van der Waals surface area contributed by atoms with Crippen LogP contribution in [0.5, 0.6) is 0 Å². The Morgan fingerprint density at radius 1 is 0.868 bits per heavy atom. The molecule has 2 fully saturated rings. The van der Waals surface area contributed by atoms with Gasteiger partial charge in [0.25, 0.3) is 0 Å². The van der Waals surface area contributed by atoms with Gasteiger partial charge in [0.15, 0.2) is 0 Å². The number of aliphatic hydroxyl groups excluding tert-OH is 1. The molecule has 206 valence electrons. The molecule has 2 aliphatic carbocycles. The minimum absolute atomic E-state index is 0.0666. The van der Waals surface area contributed by atoms with Crippen LogP contribution in [-0.4, -0.2) is 23.8 Å². The summed E-state index contributed by atoms with van der Waals surface area (Å²) in [7, 11) is 0. The molecule has 0 bridgehead atoms. The van der Waals surface area contributed by atoms with Crippen LogP contribution in [-0.2, 0) is 16.0 Å². The third kappa shape index (κ3) is 7.38. The first-order valence-electron chi connectivity index (χ1n) is 15.2. The number of aryl methyl sites for hydroxylation is 1. The molecular weight excluding hydrogens is 468 g/mol. The normalized spacial score (nSPS) is 23.7. The van der Waals surface area contributed by atoms with Crippen LogP contribution in [0.4, 0.5) is 0 Å². The van der Waals surface area contributed by atoms with Crippen molar-refractivity contribution in [2.45, 2.75) is 115 Å². The summed E-state index contributed by atoms with van der Waals surface area (Å²) >= 11 is 0. The smallest absolute Gasteiger partial charge is 0.336 e. The number of aliphatic hydroxyl groups is 1. The molecule has 0 heterocycles. The predicted octanol–water partition coefficient (Wildman–Crippen LogP) is 8.89. The van der Waals surface area contributed by atoms with E-state index in [-0.39, 0.29) is 18.3 Å². The van der Waals surface area contributed by atoms with Gasteiger partial charge in [0.1, 0.15) is 6.10 Å². The van der Waals surface area contributed by atoms with Crippen LogP contribution in [0, 0.1) is 5.92 Å². The highest BCUT2D eigenvalue weighted by molar-refractivity contribution is 5.88. The maximum Gasteiger partial charge on any atom is 0.336 e. The Kier molecular flexibility index (Phi) is 10.6. The van der Waals surface area contributed by atoms with Gasteiger partial charge in [-0.2, -0.15) is 0 Å². The molecule has 0 aromatic heterocycles. The fourth-order valence-corrected chi connectivity index (χ4v) is 6.66. The zero-order chi connectivity index (χ0) is 26.9. The Morgan fingerprint density at radius 2 is 1.50 bits per heavy atom. The molecule has 3 heteroatoms. The molecule has 2 aromatic carbocycles. The van der Waals surface area contributed by atoms with Crippen LogP contribution in [0.3, 0.4) is 0 Å². The number of hydrogen-bond acceptors (Lipinski definition) is 3. The minimum Gasteiger partial charge on any atom is -0.459 e. The maximum atomic E-state index is 11.9. The van der Waals surface area contributed by atoms with Gasteiger partial charge in [-0.1, -0.05) is 88.6 Å². The molecule has 0 amide bonds. The molecule has 0 saturated heterocycles. The van der Waals surface area contributed by atoms with Crippen molar-refractivity contribution in [1.82, 2.24) is 0 Å². The molecule has 0 radical (unpaired) electrons. The van der Waals surface area contributed by atoms with Crippen molar-refractivity contribution >= 4 is 5.97 Å². The lowest BCUT2D eigenvalue weighted by Crippen LogP contribution is -2.25. The zero-order valence-electron chi connectivity index (χ0n) is 23.7. The summed E-state index contributed by atoms with van der Waals surface area (Å²) in [6, 6.07) is 16.5. The summed E-state index contributed by atoms with van der Waals surface area (Å²) in [6.45, 7) is 7.80. The van der Waals surface area contributed by atoms with E-state index >= 15 is 0 Å². The Balaban J connectivity index is 1.33. The van der Waals surface area contributed by atoms with Crippen LogP contribution in [0.15, 0.2) is 54.6 Å². The number of rotatable bonds is 11. The Labute approximate surface area is 230 Å². The molecule has 0 unspecified atom stereocenters. The number of carbonyl (C=O) groups excluding carboxylic acids is 1. The monoisotopic (exact) mass is 516 g/mol. The van der Waals surface area contributed by atoms with Crippen molar-refractivity contribution in [2.75, 3.05) is 6.61 Å². The lowest BCUT2D eigenvalue weighted by atomic mass is 9.76. The number of benzene rings is 2. The maximum absolute atomic E-state index is 11.9.